The second kappa shape index (κ2) is 9.19. The lowest BCUT2D eigenvalue weighted by Gasteiger charge is -2.49. The molecule has 1 N–H and O–H groups in total. The van der Waals surface area contributed by atoms with Gasteiger partial charge in [-0.1, -0.05) is 66.2 Å². The molecule has 1 nitrogen and oxygen atoms in total. The molecule has 0 spiro atoms. The summed E-state index contributed by atoms with van der Waals surface area (Å²) in [6.07, 6.45) is 19.8. The van der Waals surface area contributed by atoms with Crippen molar-refractivity contribution in [2.45, 2.75) is 118 Å². The highest BCUT2D eigenvalue weighted by Crippen LogP contribution is 2.60. The van der Waals surface area contributed by atoms with Crippen molar-refractivity contribution in [2.75, 3.05) is 6.61 Å². The molecular formula is C26H48O. The summed E-state index contributed by atoms with van der Waals surface area (Å²) in [5, 5.41) is 9.17. The van der Waals surface area contributed by atoms with Crippen LogP contribution in [0.15, 0.2) is 0 Å². The second-order valence-corrected chi connectivity index (χ2v) is 11.5. The van der Waals surface area contributed by atoms with Crippen molar-refractivity contribution in [3.63, 3.8) is 0 Å². The van der Waals surface area contributed by atoms with Crippen LogP contribution in [-0.4, -0.2) is 11.7 Å². The van der Waals surface area contributed by atoms with E-state index < -0.39 is 0 Å². The molecule has 1 heteroatoms. The molecule has 0 saturated heterocycles. The molecule has 5 unspecified atom stereocenters. The van der Waals surface area contributed by atoms with Crippen molar-refractivity contribution in [3.8, 4) is 0 Å². The molecule has 3 saturated carbocycles. The number of aliphatic hydroxyl groups excluding tert-OH is 1. The summed E-state index contributed by atoms with van der Waals surface area (Å²) >= 11 is 0. The smallest absolute Gasteiger partial charge is 0.0431 e. The number of hydrogen-bond donors (Lipinski definition) is 1. The Morgan fingerprint density at radius 3 is 2.44 bits per heavy atom. The molecular weight excluding hydrogens is 328 g/mol. The number of unbranched alkanes of at least 4 members (excludes halogenated alkanes) is 1. The minimum Gasteiger partial charge on any atom is -0.396 e. The van der Waals surface area contributed by atoms with Crippen LogP contribution in [0, 0.1) is 40.4 Å². The molecule has 0 bridgehead atoms. The Labute approximate surface area is 170 Å². The lowest BCUT2D eigenvalue weighted by molar-refractivity contribution is 0.0106. The van der Waals surface area contributed by atoms with Crippen LogP contribution in [0.4, 0.5) is 0 Å². The Kier molecular flexibility index (Phi) is 7.37. The minimum absolute atomic E-state index is 0.380. The zero-order chi connectivity index (χ0) is 19.5. The van der Waals surface area contributed by atoms with E-state index in [4.69, 9.17) is 0 Å². The molecule has 6 atom stereocenters. The average Bonchev–Trinajstić information content (AvgIpc) is 2.97. The fraction of sp³-hybridized carbons (Fsp3) is 1.00. The van der Waals surface area contributed by atoms with Gasteiger partial charge in [0.1, 0.15) is 0 Å². The third-order valence-corrected chi connectivity index (χ3v) is 9.71. The van der Waals surface area contributed by atoms with Gasteiger partial charge >= 0.3 is 0 Å². The predicted octanol–water partition coefficient (Wildman–Crippen LogP) is 7.61. The van der Waals surface area contributed by atoms with E-state index in [1.807, 2.05) is 0 Å². The fourth-order valence-electron chi connectivity index (χ4n) is 8.11. The van der Waals surface area contributed by atoms with E-state index in [9.17, 15) is 5.11 Å². The molecule has 0 aliphatic heterocycles. The zero-order valence-electron chi connectivity index (χ0n) is 18.9. The average molecular weight is 377 g/mol. The van der Waals surface area contributed by atoms with Crippen LogP contribution in [0.1, 0.15) is 118 Å². The van der Waals surface area contributed by atoms with Crippen molar-refractivity contribution in [1.29, 1.82) is 0 Å². The number of aliphatic hydroxyl groups is 1. The van der Waals surface area contributed by atoms with Gasteiger partial charge in [0.15, 0.2) is 0 Å². The van der Waals surface area contributed by atoms with Crippen LogP contribution in [0.3, 0.4) is 0 Å². The molecule has 3 fully saturated rings. The number of hydrogen-bond acceptors (Lipinski definition) is 1. The second-order valence-electron chi connectivity index (χ2n) is 11.5. The number of rotatable bonds is 8. The summed E-state index contributed by atoms with van der Waals surface area (Å²) < 4.78 is 0. The molecule has 0 aromatic rings. The van der Waals surface area contributed by atoms with Gasteiger partial charge in [-0.25, -0.2) is 0 Å². The highest BCUT2D eigenvalue weighted by atomic mass is 16.2. The quantitative estimate of drug-likeness (QED) is 0.432. The Bertz CT molecular complexity index is 455. The van der Waals surface area contributed by atoms with E-state index in [0.29, 0.717) is 17.4 Å². The van der Waals surface area contributed by atoms with E-state index in [-0.39, 0.29) is 0 Å². The highest BCUT2D eigenvalue weighted by Gasteiger charge is 2.51. The van der Waals surface area contributed by atoms with Crippen molar-refractivity contribution in [3.05, 3.63) is 0 Å². The fourth-order valence-corrected chi connectivity index (χ4v) is 8.11. The summed E-state index contributed by atoms with van der Waals surface area (Å²) in [5.41, 5.74) is 1.18. The first-order valence-electron chi connectivity index (χ1n) is 12.5. The first-order chi connectivity index (χ1) is 12.9. The molecule has 0 heterocycles. The van der Waals surface area contributed by atoms with Gasteiger partial charge in [0.05, 0.1) is 0 Å². The maximum atomic E-state index is 9.17. The Morgan fingerprint density at radius 1 is 0.926 bits per heavy atom. The molecule has 27 heavy (non-hydrogen) atoms. The van der Waals surface area contributed by atoms with Gasteiger partial charge < -0.3 is 5.11 Å². The molecule has 158 valence electrons. The van der Waals surface area contributed by atoms with E-state index in [1.54, 1.807) is 0 Å². The van der Waals surface area contributed by atoms with Crippen molar-refractivity contribution in [1.82, 2.24) is 0 Å². The lowest BCUT2D eigenvalue weighted by atomic mass is 9.56. The van der Waals surface area contributed by atoms with Crippen LogP contribution < -0.4 is 0 Å². The Balaban J connectivity index is 1.66. The van der Waals surface area contributed by atoms with E-state index in [2.05, 4.69) is 27.7 Å². The van der Waals surface area contributed by atoms with Crippen molar-refractivity contribution in [2.24, 2.45) is 40.4 Å². The normalized spacial score (nSPS) is 39.9. The maximum absolute atomic E-state index is 9.17. The van der Waals surface area contributed by atoms with Crippen LogP contribution >= 0.6 is 0 Å². The topological polar surface area (TPSA) is 20.2 Å². The van der Waals surface area contributed by atoms with Crippen molar-refractivity contribution < 1.29 is 5.11 Å². The molecule has 0 amide bonds. The number of fused-ring (bicyclic) bond motifs is 1. The molecule has 3 aliphatic carbocycles. The highest BCUT2D eigenvalue weighted by molar-refractivity contribution is 5.01. The molecule has 3 rings (SSSR count). The van der Waals surface area contributed by atoms with E-state index in [0.717, 1.165) is 36.0 Å². The van der Waals surface area contributed by atoms with Crippen LogP contribution in [0.2, 0.25) is 0 Å². The maximum Gasteiger partial charge on any atom is 0.0431 e. The first kappa shape index (κ1) is 21.7. The van der Waals surface area contributed by atoms with Gasteiger partial charge in [-0.05, 0) is 91.8 Å². The van der Waals surface area contributed by atoms with Gasteiger partial charge in [-0.15, -0.1) is 0 Å². The molecule has 0 aromatic carbocycles. The van der Waals surface area contributed by atoms with Crippen molar-refractivity contribution >= 4 is 0 Å². The summed E-state index contributed by atoms with van der Waals surface area (Å²) in [4.78, 5) is 0. The van der Waals surface area contributed by atoms with Gasteiger partial charge in [-0.3, -0.25) is 0 Å². The summed E-state index contributed by atoms with van der Waals surface area (Å²) in [6, 6.07) is 0. The van der Waals surface area contributed by atoms with Crippen LogP contribution in [0.25, 0.3) is 0 Å². The minimum atomic E-state index is 0.380. The third kappa shape index (κ3) is 4.59. The van der Waals surface area contributed by atoms with Crippen LogP contribution in [0.5, 0.6) is 0 Å². The summed E-state index contributed by atoms with van der Waals surface area (Å²) in [5.74, 6) is 4.84. The SMILES string of the molecule is CC[C@@H](CC1CCCC2(C)C(CCCCO)CCC12)C1CCCCC1(C)C. The van der Waals surface area contributed by atoms with E-state index in [1.165, 1.54) is 83.5 Å². The molecule has 0 aromatic heterocycles. The standard InChI is InChI=1S/C26H48O/c1-5-20(23-13-6-8-16-25(23,2)3)19-21-11-10-17-26(4)22(12-7-9-18-27)14-15-24(21)26/h20-24,27H,5-19H2,1-4H3/t20-,21?,22?,23?,24?,26?/m0/s1. The van der Waals surface area contributed by atoms with Gasteiger partial charge in [-0.2, -0.15) is 0 Å². The summed E-state index contributed by atoms with van der Waals surface area (Å²) in [6.45, 7) is 10.6. The molecule has 0 radical (unpaired) electrons. The third-order valence-electron chi connectivity index (χ3n) is 9.71. The largest absolute Gasteiger partial charge is 0.396 e. The van der Waals surface area contributed by atoms with Gasteiger partial charge in [0.2, 0.25) is 0 Å². The predicted molar refractivity (Wildman–Crippen MR) is 117 cm³/mol. The molecule has 3 aliphatic rings. The first-order valence-corrected chi connectivity index (χ1v) is 12.5. The monoisotopic (exact) mass is 376 g/mol. The Morgan fingerprint density at radius 2 is 1.74 bits per heavy atom. The van der Waals surface area contributed by atoms with Crippen LogP contribution in [-0.2, 0) is 0 Å². The zero-order valence-corrected chi connectivity index (χ0v) is 18.9. The Hall–Kier alpha value is -0.0400. The summed E-state index contributed by atoms with van der Waals surface area (Å²) in [7, 11) is 0. The van der Waals surface area contributed by atoms with Gasteiger partial charge in [0, 0.05) is 6.61 Å². The van der Waals surface area contributed by atoms with Gasteiger partial charge in [0.25, 0.3) is 0 Å². The lowest BCUT2D eigenvalue weighted by Crippen LogP contribution is -2.40. The van der Waals surface area contributed by atoms with E-state index >= 15 is 0 Å².